The van der Waals surface area contributed by atoms with E-state index in [1.807, 2.05) is 12.1 Å². The number of hydrogen-bond donors (Lipinski definition) is 1. The van der Waals surface area contributed by atoms with Crippen LogP contribution in [0, 0.1) is 17.7 Å². The second-order valence-corrected chi connectivity index (χ2v) is 5.63. The first-order valence-electron chi connectivity index (χ1n) is 7.06. The Morgan fingerprint density at radius 2 is 1.95 bits per heavy atom. The van der Waals surface area contributed by atoms with Crippen LogP contribution in [0.15, 0.2) is 18.2 Å². The SMILES string of the molecule is COc1cccc(CCC(C)CNCC(C)C)c1F. The molecule has 1 atom stereocenters. The fourth-order valence-electron chi connectivity index (χ4n) is 2.03. The van der Waals surface area contributed by atoms with E-state index in [2.05, 4.69) is 26.1 Å². The Kier molecular flexibility index (Phi) is 6.85. The molecule has 1 N–H and O–H groups in total. The summed E-state index contributed by atoms with van der Waals surface area (Å²) in [5, 5.41) is 3.44. The molecule has 0 heterocycles. The van der Waals surface area contributed by atoms with Gasteiger partial charge in [-0.15, -0.1) is 0 Å². The standard InChI is InChI=1S/C16H26FNO/c1-12(2)10-18-11-13(3)8-9-14-6-5-7-15(19-4)16(14)17/h5-7,12-13,18H,8-11H2,1-4H3. The van der Waals surface area contributed by atoms with Gasteiger partial charge >= 0.3 is 0 Å². The molecule has 0 saturated carbocycles. The van der Waals surface area contributed by atoms with Crippen molar-refractivity contribution in [3.05, 3.63) is 29.6 Å². The fourth-order valence-corrected chi connectivity index (χ4v) is 2.03. The largest absolute Gasteiger partial charge is 0.494 e. The van der Waals surface area contributed by atoms with E-state index in [0.29, 0.717) is 17.6 Å². The van der Waals surface area contributed by atoms with Gasteiger partial charge in [-0.2, -0.15) is 0 Å². The molecule has 3 heteroatoms. The molecule has 1 aromatic rings. The van der Waals surface area contributed by atoms with E-state index >= 15 is 0 Å². The highest BCUT2D eigenvalue weighted by molar-refractivity contribution is 5.31. The molecule has 2 nitrogen and oxygen atoms in total. The first kappa shape index (κ1) is 16.0. The molecule has 0 aliphatic rings. The molecule has 0 aliphatic carbocycles. The van der Waals surface area contributed by atoms with Crippen molar-refractivity contribution in [3.63, 3.8) is 0 Å². The lowest BCUT2D eigenvalue weighted by atomic mass is 10.0. The van der Waals surface area contributed by atoms with Crippen LogP contribution in [0.4, 0.5) is 4.39 Å². The van der Waals surface area contributed by atoms with Crippen molar-refractivity contribution >= 4 is 0 Å². The topological polar surface area (TPSA) is 21.3 Å². The molecule has 1 aromatic carbocycles. The maximum absolute atomic E-state index is 13.9. The van der Waals surface area contributed by atoms with Gasteiger partial charge in [0.1, 0.15) is 0 Å². The second kappa shape index (κ2) is 8.16. The number of aryl methyl sites for hydroxylation is 1. The molecule has 0 saturated heterocycles. The Labute approximate surface area is 116 Å². The van der Waals surface area contributed by atoms with Crippen molar-refractivity contribution in [1.82, 2.24) is 5.32 Å². The molecule has 108 valence electrons. The number of hydrogen-bond acceptors (Lipinski definition) is 2. The average Bonchev–Trinajstić information content (AvgIpc) is 2.37. The molecular formula is C16H26FNO. The summed E-state index contributed by atoms with van der Waals surface area (Å²) < 4.78 is 18.9. The Morgan fingerprint density at radius 1 is 1.21 bits per heavy atom. The third-order valence-electron chi connectivity index (χ3n) is 3.22. The summed E-state index contributed by atoms with van der Waals surface area (Å²) in [6.07, 6.45) is 1.74. The van der Waals surface area contributed by atoms with E-state index < -0.39 is 0 Å². The minimum Gasteiger partial charge on any atom is -0.494 e. The minimum atomic E-state index is -0.215. The number of halogens is 1. The molecule has 19 heavy (non-hydrogen) atoms. The number of methoxy groups -OCH3 is 1. The van der Waals surface area contributed by atoms with Gasteiger partial charge < -0.3 is 10.1 Å². The summed E-state index contributed by atoms with van der Waals surface area (Å²) in [5.74, 6) is 1.34. The molecule has 1 rings (SSSR count). The quantitative estimate of drug-likeness (QED) is 0.776. The molecular weight excluding hydrogens is 241 g/mol. The highest BCUT2D eigenvalue weighted by Gasteiger charge is 2.10. The van der Waals surface area contributed by atoms with Gasteiger partial charge in [0.05, 0.1) is 7.11 Å². The van der Waals surface area contributed by atoms with Gasteiger partial charge in [-0.05, 0) is 49.4 Å². The molecule has 0 aromatic heterocycles. The monoisotopic (exact) mass is 267 g/mol. The van der Waals surface area contributed by atoms with Crippen LogP contribution in [0.5, 0.6) is 5.75 Å². The van der Waals surface area contributed by atoms with Gasteiger partial charge in [0.25, 0.3) is 0 Å². The van der Waals surface area contributed by atoms with Crippen LogP contribution in [-0.4, -0.2) is 20.2 Å². The summed E-state index contributed by atoms with van der Waals surface area (Å²) >= 11 is 0. The fraction of sp³-hybridized carbons (Fsp3) is 0.625. The van der Waals surface area contributed by atoms with E-state index in [1.54, 1.807) is 6.07 Å². The lowest BCUT2D eigenvalue weighted by molar-refractivity contribution is 0.382. The highest BCUT2D eigenvalue weighted by Crippen LogP contribution is 2.21. The van der Waals surface area contributed by atoms with Crippen LogP contribution in [0.3, 0.4) is 0 Å². The zero-order valence-electron chi connectivity index (χ0n) is 12.5. The molecule has 0 fully saturated rings. The summed E-state index contributed by atoms with van der Waals surface area (Å²) in [4.78, 5) is 0. The van der Waals surface area contributed by atoms with Crippen molar-refractivity contribution in [2.45, 2.75) is 33.6 Å². The summed E-state index contributed by atoms with van der Waals surface area (Å²) in [7, 11) is 1.50. The van der Waals surface area contributed by atoms with Crippen molar-refractivity contribution in [2.24, 2.45) is 11.8 Å². The van der Waals surface area contributed by atoms with Crippen LogP contribution in [0.1, 0.15) is 32.8 Å². The third-order valence-corrected chi connectivity index (χ3v) is 3.22. The maximum Gasteiger partial charge on any atom is 0.168 e. The first-order chi connectivity index (χ1) is 9.04. The molecule has 0 spiro atoms. The Bertz CT molecular complexity index is 379. The van der Waals surface area contributed by atoms with Crippen molar-refractivity contribution < 1.29 is 9.13 Å². The third kappa shape index (κ3) is 5.60. The normalized spacial score (nSPS) is 12.7. The number of benzene rings is 1. The van der Waals surface area contributed by atoms with Gasteiger partial charge in [-0.3, -0.25) is 0 Å². The van der Waals surface area contributed by atoms with Crippen LogP contribution in [0.25, 0.3) is 0 Å². The predicted molar refractivity (Wildman–Crippen MR) is 78.1 cm³/mol. The predicted octanol–water partition coefficient (Wildman–Crippen LogP) is 3.65. The van der Waals surface area contributed by atoms with E-state index in [-0.39, 0.29) is 5.82 Å². The molecule has 0 aliphatic heterocycles. The van der Waals surface area contributed by atoms with Crippen LogP contribution in [-0.2, 0) is 6.42 Å². The smallest absolute Gasteiger partial charge is 0.168 e. The number of nitrogens with one attached hydrogen (secondary N) is 1. The van der Waals surface area contributed by atoms with Crippen molar-refractivity contribution in [3.8, 4) is 5.75 Å². The maximum atomic E-state index is 13.9. The molecule has 0 amide bonds. The van der Waals surface area contributed by atoms with Crippen LogP contribution >= 0.6 is 0 Å². The second-order valence-electron chi connectivity index (χ2n) is 5.63. The summed E-state index contributed by atoms with van der Waals surface area (Å²) in [6.45, 7) is 8.62. The van der Waals surface area contributed by atoms with Crippen molar-refractivity contribution in [1.29, 1.82) is 0 Å². The van der Waals surface area contributed by atoms with Gasteiger partial charge in [0.15, 0.2) is 11.6 Å². The minimum absolute atomic E-state index is 0.215. The lowest BCUT2D eigenvalue weighted by Gasteiger charge is -2.14. The average molecular weight is 267 g/mol. The molecule has 1 unspecified atom stereocenters. The van der Waals surface area contributed by atoms with E-state index in [1.165, 1.54) is 7.11 Å². The zero-order chi connectivity index (χ0) is 14.3. The van der Waals surface area contributed by atoms with Gasteiger partial charge in [0.2, 0.25) is 0 Å². The Morgan fingerprint density at radius 3 is 2.58 bits per heavy atom. The first-order valence-corrected chi connectivity index (χ1v) is 7.06. The highest BCUT2D eigenvalue weighted by atomic mass is 19.1. The molecule has 0 radical (unpaired) electrons. The zero-order valence-corrected chi connectivity index (χ0v) is 12.5. The summed E-state index contributed by atoms with van der Waals surface area (Å²) in [6, 6.07) is 5.34. The lowest BCUT2D eigenvalue weighted by Crippen LogP contribution is -2.25. The van der Waals surface area contributed by atoms with Gasteiger partial charge in [-0.25, -0.2) is 4.39 Å². The number of rotatable bonds is 8. The Balaban J connectivity index is 2.39. The molecule has 0 bridgehead atoms. The van der Waals surface area contributed by atoms with Gasteiger partial charge in [-0.1, -0.05) is 32.9 Å². The van der Waals surface area contributed by atoms with E-state index in [0.717, 1.165) is 31.5 Å². The summed E-state index contributed by atoms with van der Waals surface area (Å²) in [5.41, 5.74) is 0.745. The van der Waals surface area contributed by atoms with Crippen molar-refractivity contribution in [2.75, 3.05) is 20.2 Å². The van der Waals surface area contributed by atoms with Crippen LogP contribution < -0.4 is 10.1 Å². The number of ether oxygens (including phenoxy) is 1. The van der Waals surface area contributed by atoms with E-state index in [4.69, 9.17) is 4.74 Å². The van der Waals surface area contributed by atoms with E-state index in [9.17, 15) is 4.39 Å². The van der Waals surface area contributed by atoms with Gasteiger partial charge in [0, 0.05) is 0 Å². The van der Waals surface area contributed by atoms with Crippen LogP contribution in [0.2, 0.25) is 0 Å². The Hall–Kier alpha value is -1.09.